The zero-order valence-electron chi connectivity index (χ0n) is 9.08. The summed E-state index contributed by atoms with van der Waals surface area (Å²) in [7, 11) is 0. The molecule has 0 aliphatic rings. The molecule has 0 aliphatic heterocycles. The zero-order chi connectivity index (χ0) is 13.1. The number of amides is 1. The van der Waals surface area contributed by atoms with Crippen LogP contribution in [0.5, 0.6) is 0 Å². The number of anilines is 1. The Morgan fingerprint density at radius 2 is 1.89 bits per heavy atom. The molecule has 0 saturated carbocycles. The SMILES string of the molecule is O=C(Nc1c(Cl)cc(F)cc1Br)c1ccccc1. The number of rotatable bonds is 2. The van der Waals surface area contributed by atoms with Crippen LogP contribution in [0.15, 0.2) is 46.9 Å². The summed E-state index contributed by atoms with van der Waals surface area (Å²) in [5.74, 6) is -0.769. The predicted octanol–water partition coefficient (Wildman–Crippen LogP) is 4.49. The zero-order valence-corrected chi connectivity index (χ0v) is 11.4. The number of carbonyl (C=O) groups is 1. The van der Waals surface area contributed by atoms with E-state index in [1.807, 2.05) is 6.07 Å². The number of halogens is 3. The molecule has 18 heavy (non-hydrogen) atoms. The largest absolute Gasteiger partial charge is 0.320 e. The first-order valence-electron chi connectivity index (χ1n) is 5.09. The van der Waals surface area contributed by atoms with Gasteiger partial charge in [0.2, 0.25) is 0 Å². The number of carbonyl (C=O) groups excluding carboxylic acids is 1. The van der Waals surface area contributed by atoms with Gasteiger partial charge >= 0.3 is 0 Å². The summed E-state index contributed by atoms with van der Waals surface area (Å²) in [4.78, 5) is 11.9. The molecule has 2 nitrogen and oxygen atoms in total. The minimum absolute atomic E-state index is 0.145. The van der Waals surface area contributed by atoms with Gasteiger partial charge in [0.05, 0.1) is 10.7 Å². The summed E-state index contributed by atoms with van der Waals surface area (Å²) < 4.78 is 13.4. The smallest absolute Gasteiger partial charge is 0.255 e. The Labute approximate surface area is 117 Å². The van der Waals surface area contributed by atoms with Crippen LogP contribution in [-0.4, -0.2) is 5.91 Å². The third kappa shape index (κ3) is 2.89. The lowest BCUT2D eigenvalue weighted by molar-refractivity contribution is 0.102. The van der Waals surface area contributed by atoms with E-state index in [9.17, 15) is 9.18 Å². The van der Waals surface area contributed by atoms with Crippen LogP contribution in [0, 0.1) is 5.82 Å². The molecule has 1 amide bonds. The van der Waals surface area contributed by atoms with E-state index in [1.165, 1.54) is 6.07 Å². The average molecular weight is 329 g/mol. The highest BCUT2D eigenvalue weighted by atomic mass is 79.9. The van der Waals surface area contributed by atoms with Crippen molar-refractivity contribution in [3.05, 3.63) is 63.3 Å². The van der Waals surface area contributed by atoms with Crippen LogP contribution in [0.2, 0.25) is 5.02 Å². The maximum absolute atomic E-state index is 13.0. The van der Waals surface area contributed by atoms with Crippen molar-refractivity contribution >= 4 is 39.1 Å². The molecule has 0 aliphatic carbocycles. The van der Waals surface area contributed by atoms with E-state index in [-0.39, 0.29) is 10.9 Å². The highest BCUT2D eigenvalue weighted by Gasteiger charge is 2.12. The normalized spacial score (nSPS) is 10.2. The second-order valence-corrected chi connectivity index (χ2v) is 4.83. The van der Waals surface area contributed by atoms with Gasteiger partial charge in [-0.3, -0.25) is 4.79 Å². The topological polar surface area (TPSA) is 29.1 Å². The average Bonchev–Trinajstić information content (AvgIpc) is 2.34. The van der Waals surface area contributed by atoms with Crippen LogP contribution in [0.3, 0.4) is 0 Å². The molecular formula is C13H8BrClFNO. The fraction of sp³-hybridized carbons (Fsp3) is 0. The van der Waals surface area contributed by atoms with Crippen molar-refractivity contribution in [1.82, 2.24) is 0 Å². The Hall–Kier alpha value is -1.39. The molecular weight excluding hydrogens is 321 g/mol. The van der Waals surface area contributed by atoms with Crippen LogP contribution in [-0.2, 0) is 0 Å². The monoisotopic (exact) mass is 327 g/mol. The third-order valence-electron chi connectivity index (χ3n) is 2.28. The lowest BCUT2D eigenvalue weighted by Crippen LogP contribution is -2.12. The van der Waals surface area contributed by atoms with Gasteiger partial charge in [-0.1, -0.05) is 29.8 Å². The van der Waals surface area contributed by atoms with Gasteiger partial charge in [-0.2, -0.15) is 0 Å². The van der Waals surface area contributed by atoms with Crippen molar-refractivity contribution < 1.29 is 9.18 Å². The highest BCUT2D eigenvalue weighted by Crippen LogP contribution is 2.31. The molecule has 0 heterocycles. The first-order valence-corrected chi connectivity index (χ1v) is 6.26. The molecule has 0 radical (unpaired) electrons. The molecule has 0 aromatic heterocycles. The van der Waals surface area contributed by atoms with Crippen LogP contribution in [0.4, 0.5) is 10.1 Å². The Balaban J connectivity index is 2.28. The van der Waals surface area contributed by atoms with Crippen molar-refractivity contribution in [2.24, 2.45) is 0 Å². The molecule has 0 bridgehead atoms. The summed E-state index contributed by atoms with van der Waals surface area (Å²) in [6.45, 7) is 0. The first-order chi connectivity index (χ1) is 8.58. The van der Waals surface area contributed by atoms with Gasteiger partial charge in [0, 0.05) is 10.0 Å². The van der Waals surface area contributed by atoms with Crippen LogP contribution >= 0.6 is 27.5 Å². The standard InChI is InChI=1S/C13H8BrClFNO/c14-10-6-9(16)7-11(15)12(10)17-13(18)8-4-2-1-3-5-8/h1-7H,(H,17,18). The molecule has 2 rings (SSSR count). The van der Waals surface area contributed by atoms with Crippen LogP contribution < -0.4 is 5.32 Å². The van der Waals surface area contributed by atoms with Gasteiger partial charge in [0.25, 0.3) is 5.91 Å². The Kier molecular flexibility index (Phi) is 3.99. The predicted molar refractivity (Wildman–Crippen MR) is 73.5 cm³/mol. The van der Waals surface area contributed by atoms with Crippen molar-refractivity contribution in [2.45, 2.75) is 0 Å². The summed E-state index contributed by atoms with van der Waals surface area (Å²) in [6.07, 6.45) is 0. The minimum atomic E-state index is -0.468. The van der Waals surface area contributed by atoms with E-state index in [2.05, 4.69) is 21.2 Å². The van der Waals surface area contributed by atoms with Gasteiger partial charge in [-0.15, -0.1) is 0 Å². The van der Waals surface area contributed by atoms with E-state index < -0.39 is 5.82 Å². The molecule has 0 atom stereocenters. The van der Waals surface area contributed by atoms with Gasteiger partial charge in [-0.25, -0.2) is 4.39 Å². The number of nitrogens with one attached hydrogen (secondary N) is 1. The molecule has 92 valence electrons. The van der Waals surface area contributed by atoms with Gasteiger partial charge in [0.15, 0.2) is 0 Å². The Bertz CT molecular complexity index is 566. The van der Waals surface area contributed by atoms with Gasteiger partial charge in [-0.05, 0) is 40.2 Å². The first kappa shape index (κ1) is 13.1. The van der Waals surface area contributed by atoms with E-state index in [0.29, 0.717) is 15.7 Å². The second-order valence-electron chi connectivity index (χ2n) is 3.56. The molecule has 0 spiro atoms. The Morgan fingerprint density at radius 1 is 1.22 bits per heavy atom. The molecule has 0 unspecified atom stereocenters. The lowest BCUT2D eigenvalue weighted by atomic mass is 10.2. The number of benzene rings is 2. The van der Waals surface area contributed by atoms with E-state index in [1.54, 1.807) is 24.3 Å². The number of hydrogen-bond acceptors (Lipinski definition) is 1. The molecule has 5 heteroatoms. The maximum atomic E-state index is 13.0. The van der Waals surface area contributed by atoms with Gasteiger partial charge in [0.1, 0.15) is 5.82 Å². The fourth-order valence-electron chi connectivity index (χ4n) is 1.44. The van der Waals surface area contributed by atoms with Crippen molar-refractivity contribution in [3.63, 3.8) is 0 Å². The highest BCUT2D eigenvalue weighted by molar-refractivity contribution is 9.10. The molecule has 0 saturated heterocycles. The van der Waals surface area contributed by atoms with Crippen molar-refractivity contribution in [1.29, 1.82) is 0 Å². The van der Waals surface area contributed by atoms with Crippen molar-refractivity contribution in [2.75, 3.05) is 5.32 Å². The fourth-order valence-corrected chi connectivity index (χ4v) is 2.34. The Morgan fingerprint density at radius 3 is 2.50 bits per heavy atom. The van der Waals surface area contributed by atoms with Crippen LogP contribution in [0.1, 0.15) is 10.4 Å². The molecule has 1 N–H and O–H groups in total. The summed E-state index contributed by atoms with van der Waals surface area (Å²) >= 11 is 9.04. The van der Waals surface area contributed by atoms with E-state index >= 15 is 0 Å². The molecule has 2 aromatic carbocycles. The lowest BCUT2D eigenvalue weighted by Gasteiger charge is -2.09. The third-order valence-corrected chi connectivity index (χ3v) is 3.20. The van der Waals surface area contributed by atoms with E-state index in [4.69, 9.17) is 11.6 Å². The molecule has 0 fully saturated rings. The number of hydrogen-bond donors (Lipinski definition) is 1. The quantitative estimate of drug-likeness (QED) is 0.864. The van der Waals surface area contributed by atoms with Crippen molar-refractivity contribution in [3.8, 4) is 0 Å². The van der Waals surface area contributed by atoms with E-state index in [0.717, 1.165) is 6.07 Å². The second kappa shape index (κ2) is 5.50. The van der Waals surface area contributed by atoms with Gasteiger partial charge < -0.3 is 5.32 Å². The summed E-state index contributed by atoms with van der Waals surface area (Å²) in [6, 6.07) is 11.1. The summed E-state index contributed by atoms with van der Waals surface area (Å²) in [5.41, 5.74) is 0.858. The van der Waals surface area contributed by atoms with Crippen LogP contribution in [0.25, 0.3) is 0 Å². The maximum Gasteiger partial charge on any atom is 0.255 e. The summed E-state index contributed by atoms with van der Waals surface area (Å²) in [5, 5.41) is 2.78. The molecule has 2 aromatic rings. The minimum Gasteiger partial charge on any atom is -0.320 e.